The van der Waals surface area contributed by atoms with Gasteiger partial charge in [0.15, 0.2) is 0 Å². The Kier molecular flexibility index (Phi) is 17.8. The number of hydrogen-bond donors (Lipinski definition) is 0. The van der Waals surface area contributed by atoms with Gasteiger partial charge >= 0.3 is 0 Å². The van der Waals surface area contributed by atoms with E-state index in [1.54, 1.807) is 0 Å². The normalized spacial score (nSPS) is 24.0. The smallest absolute Gasteiger partial charge is 0.0348 e. The monoisotopic (exact) mass is 346 g/mol. The van der Waals surface area contributed by atoms with Crippen LogP contribution in [-0.2, 0) is 0 Å². The summed E-state index contributed by atoms with van der Waals surface area (Å²) >= 11 is 0. The van der Waals surface area contributed by atoms with Gasteiger partial charge in [-0.1, -0.05) is 133 Å². The van der Waals surface area contributed by atoms with E-state index in [2.05, 4.69) is 24.3 Å². The van der Waals surface area contributed by atoms with E-state index in [1.165, 1.54) is 135 Å². The van der Waals surface area contributed by atoms with E-state index in [0.717, 1.165) is 0 Å². The third-order valence-electron chi connectivity index (χ3n) is 5.62. The van der Waals surface area contributed by atoms with Crippen LogP contribution in [0.15, 0.2) is 24.3 Å². The summed E-state index contributed by atoms with van der Waals surface area (Å²) in [5.74, 6) is 0. The molecule has 0 spiro atoms. The second-order valence-electron chi connectivity index (χ2n) is 8.15. The van der Waals surface area contributed by atoms with Crippen molar-refractivity contribution in [1.82, 2.24) is 0 Å². The third kappa shape index (κ3) is 18.1. The summed E-state index contributed by atoms with van der Waals surface area (Å²) in [4.78, 5) is 0. The van der Waals surface area contributed by atoms with Gasteiger partial charge in [0.1, 0.15) is 0 Å². The lowest BCUT2D eigenvalue weighted by Gasteiger charge is -2.04. The molecule has 0 heterocycles. The van der Waals surface area contributed by atoms with Gasteiger partial charge in [-0.15, -0.1) is 0 Å². The molecule has 146 valence electrons. The zero-order chi connectivity index (χ0) is 17.7. The fraction of sp³-hybridized carbons (Fsp3) is 0.840. The van der Waals surface area contributed by atoms with Crippen molar-refractivity contribution >= 4 is 0 Å². The minimum atomic E-state index is 1.27. The minimum absolute atomic E-state index is 1.27. The van der Waals surface area contributed by atoms with E-state index in [-0.39, 0.29) is 0 Å². The Morgan fingerprint density at radius 3 is 0.680 bits per heavy atom. The molecule has 0 radical (unpaired) electrons. The van der Waals surface area contributed by atoms with Gasteiger partial charge in [-0.25, -0.2) is 0 Å². The van der Waals surface area contributed by atoms with Crippen molar-refractivity contribution in [2.75, 3.05) is 0 Å². The largest absolute Gasteiger partial charge is 0.0845 e. The molecular formula is C25H46. The molecule has 0 bridgehead atoms. The molecule has 1 rings (SSSR count). The first-order chi connectivity index (χ1) is 12.5. The maximum atomic E-state index is 2.36. The van der Waals surface area contributed by atoms with E-state index in [0.29, 0.717) is 0 Å². The molecule has 0 saturated heterocycles. The maximum absolute atomic E-state index is 2.36. The number of allylic oxidation sites excluding steroid dienone is 4. The predicted molar refractivity (Wildman–Crippen MR) is 115 cm³/mol. The lowest BCUT2D eigenvalue weighted by molar-refractivity contribution is 0.523. The van der Waals surface area contributed by atoms with E-state index in [4.69, 9.17) is 0 Å². The first kappa shape index (κ1) is 22.5. The maximum Gasteiger partial charge on any atom is -0.0348 e. The Balaban J connectivity index is 2.09. The molecule has 0 amide bonds. The van der Waals surface area contributed by atoms with Crippen LogP contribution in [0.1, 0.15) is 135 Å². The lowest BCUT2D eigenvalue weighted by atomic mass is 10.0. The van der Waals surface area contributed by atoms with Crippen LogP contribution < -0.4 is 0 Å². The van der Waals surface area contributed by atoms with Crippen molar-refractivity contribution in [3.05, 3.63) is 24.3 Å². The zero-order valence-corrected chi connectivity index (χ0v) is 17.2. The molecule has 1 aliphatic carbocycles. The molecule has 0 fully saturated rings. The van der Waals surface area contributed by atoms with E-state index in [9.17, 15) is 0 Å². The summed E-state index contributed by atoms with van der Waals surface area (Å²) in [6.45, 7) is 0. The SMILES string of the molecule is C1=CCCCCCCCCCCCCCCCCCCCCC/C=C/1. The minimum Gasteiger partial charge on any atom is -0.0845 e. The highest BCUT2D eigenvalue weighted by molar-refractivity contribution is 5.02. The summed E-state index contributed by atoms with van der Waals surface area (Å²) < 4.78 is 0. The molecule has 0 atom stereocenters. The fourth-order valence-corrected chi connectivity index (χ4v) is 3.88. The lowest BCUT2D eigenvalue weighted by Crippen LogP contribution is -1.84. The number of rotatable bonds is 0. The van der Waals surface area contributed by atoms with Crippen molar-refractivity contribution in [2.45, 2.75) is 135 Å². The molecule has 1 aliphatic rings. The third-order valence-corrected chi connectivity index (χ3v) is 5.62. The summed E-state index contributed by atoms with van der Waals surface area (Å²) in [5, 5.41) is 0. The van der Waals surface area contributed by atoms with Gasteiger partial charge in [0.2, 0.25) is 0 Å². The van der Waals surface area contributed by atoms with Crippen LogP contribution >= 0.6 is 0 Å². The Bertz CT molecular complexity index is 269. The molecule has 0 unspecified atom stereocenters. The second-order valence-corrected chi connectivity index (χ2v) is 8.15. The Hall–Kier alpha value is -0.520. The van der Waals surface area contributed by atoms with Crippen LogP contribution in [0, 0.1) is 0 Å². The van der Waals surface area contributed by atoms with Gasteiger partial charge in [0.05, 0.1) is 0 Å². The average Bonchev–Trinajstić information content (AvgIpc) is 2.62. The van der Waals surface area contributed by atoms with E-state index in [1.807, 2.05) is 0 Å². The zero-order valence-electron chi connectivity index (χ0n) is 17.2. The van der Waals surface area contributed by atoms with Crippen molar-refractivity contribution in [3.63, 3.8) is 0 Å². The van der Waals surface area contributed by atoms with Gasteiger partial charge in [-0.2, -0.15) is 0 Å². The van der Waals surface area contributed by atoms with Gasteiger partial charge in [-0.3, -0.25) is 0 Å². The van der Waals surface area contributed by atoms with Crippen molar-refractivity contribution in [2.24, 2.45) is 0 Å². The van der Waals surface area contributed by atoms with Crippen molar-refractivity contribution in [3.8, 4) is 0 Å². The highest BCUT2D eigenvalue weighted by Gasteiger charge is 1.95. The quantitative estimate of drug-likeness (QED) is 0.410. The summed E-state index contributed by atoms with van der Waals surface area (Å²) in [7, 11) is 0. The number of hydrogen-bond acceptors (Lipinski definition) is 0. The summed E-state index contributed by atoms with van der Waals surface area (Å²) in [6, 6.07) is 0. The molecule has 0 heteroatoms. The molecule has 0 N–H and O–H groups in total. The van der Waals surface area contributed by atoms with Crippen LogP contribution in [0.2, 0.25) is 0 Å². The molecule has 0 aromatic heterocycles. The Labute approximate surface area is 159 Å². The standard InChI is InChI=1S/C25H46/c1-2-4-6-8-10-12-14-16-18-20-22-24-25-23-21-19-17-15-13-11-9-7-5-3-1/h1-4H,5-25H2/b3-1+,4-2?. The molecule has 0 aromatic rings. The first-order valence-electron chi connectivity index (χ1n) is 11.8. The topological polar surface area (TPSA) is 0 Å². The van der Waals surface area contributed by atoms with E-state index >= 15 is 0 Å². The van der Waals surface area contributed by atoms with Crippen LogP contribution in [0.5, 0.6) is 0 Å². The summed E-state index contributed by atoms with van der Waals surface area (Å²) in [5.41, 5.74) is 0. The van der Waals surface area contributed by atoms with Crippen LogP contribution in [0.4, 0.5) is 0 Å². The van der Waals surface area contributed by atoms with Gasteiger partial charge in [0.25, 0.3) is 0 Å². The van der Waals surface area contributed by atoms with E-state index < -0.39 is 0 Å². The average molecular weight is 347 g/mol. The van der Waals surface area contributed by atoms with Gasteiger partial charge < -0.3 is 0 Å². The predicted octanol–water partition coefficient (Wildman–Crippen LogP) is 9.30. The highest BCUT2D eigenvalue weighted by Crippen LogP contribution is 2.15. The molecule has 0 aromatic carbocycles. The second kappa shape index (κ2) is 19.8. The molecule has 0 aliphatic heterocycles. The summed E-state index contributed by atoms with van der Waals surface area (Å²) in [6.07, 6.45) is 39.5. The van der Waals surface area contributed by atoms with Gasteiger partial charge in [-0.05, 0) is 25.7 Å². The Morgan fingerprint density at radius 1 is 0.240 bits per heavy atom. The van der Waals surface area contributed by atoms with Crippen LogP contribution in [-0.4, -0.2) is 0 Å². The van der Waals surface area contributed by atoms with Crippen LogP contribution in [0.3, 0.4) is 0 Å². The fourth-order valence-electron chi connectivity index (χ4n) is 3.88. The molecular weight excluding hydrogens is 300 g/mol. The molecule has 0 nitrogen and oxygen atoms in total. The van der Waals surface area contributed by atoms with Crippen molar-refractivity contribution in [1.29, 1.82) is 0 Å². The van der Waals surface area contributed by atoms with Crippen molar-refractivity contribution < 1.29 is 0 Å². The van der Waals surface area contributed by atoms with Gasteiger partial charge in [0, 0.05) is 0 Å². The molecule has 0 saturated carbocycles. The first-order valence-corrected chi connectivity index (χ1v) is 11.8. The van der Waals surface area contributed by atoms with Crippen LogP contribution in [0.25, 0.3) is 0 Å². The molecule has 25 heavy (non-hydrogen) atoms. The highest BCUT2D eigenvalue weighted by atomic mass is 14.0. The Morgan fingerprint density at radius 2 is 0.440 bits per heavy atom.